The molecule has 0 saturated carbocycles. The van der Waals surface area contributed by atoms with E-state index in [9.17, 15) is 14.7 Å². The molecule has 1 saturated heterocycles. The highest BCUT2D eigenvalue weighted by Gasteiger charge is 2.45. The first-order chi connectivity index (χ1) is 15.6. The molecule has 0 spiro atoms. The molecule has 32 heavy (non-hydrogen) atoms. The summed E-state index contributed by atoms with van der Waals surface area (Å²) in [6, 6.07) is 18.8. The molecule has 160 valence electrons. The van der Waals surface area contributed by atoms with E-state index in [4.69, 9.17) is 4.74 Å². The number of rotatable bonds is 7. The summed E-state index contributed by atoms with van der Waals surface area (Å²) in [7, 11) is 0. The predicted octanol–water partition coefficient (Wildman–Crippen LogP) is 4.27. The minimum atomic E-state index is -0.711. The van der Waals surface area contributed by atoms with Gasteiger partial charge in [-0.2, -0.15) is 0 Å². The van der Waals surface area contributed by atoms with Gasteiger partial charge in [0.2, 0.25) is 0 Å². The van der Waals surface area contributed by atoms with Crippen LogP contribution < -0.4 is 4.74 Å². The Labute approximate surface area is 186 Å². The molecular formula is C26H22N2O4. The maximum absolute atomic E-state index is 13.1. The number of nitrogens with zero attached hydrogens (tertiary/aromatic N) is 2. The summed E-state index contributed by atoms with van der Waals surface area (Å²) < 4.78 is 5.48. The second-order valence-electron chi connectivity index (χ2n) is 7.32. The predicted molar refractivity (Wildman–Crippen MR) is 121 cm³/mol. The fourth-order valence-electron chi connectivity index (χ4n) is 3.73. The smallest absolute Gasteiger partial charge is 0.295 e. The normalized spacial score (nSPS) is 17.4. The summed E-state index contributed by atoms with van der Waals surface area (Å²) in [5.74, 6) is -0.968. The highest BCUT2D eigenvalue weighted by atomic mass is 16.5. The lowest BCUT2D eigenvalue weighted by atomic mass is 9.95. The number of Topliss-reactive ketones (excluding diaryl/α,β-unsaturated/α-hetero) is 1. The summed E-state index contributed by atoms with van der Waals surface area (Å²) in [6.45, 7) is 4.19. The third-order valence-electron chi connectivity index (χ3n) is 5.25. The van der Waals surface area contributed by atoms with Crippen LogP contribution in [0.25, 0.3) is 5.76 Å². The van der Waals surface area contributed by atoms with E-state index in [-0.39, 0.29) is 17.9 Å². The number of pyridine rings is 1. The fraction of sp³-hybridized carbons (Fsp3) is 0.115. The van der Waals surface area contributed by atoms with Crippen LogP contribution in [0, 0.1) is 0 Å². The first kappa shape index (κ1) is 21.1. The van der Waals surface area contributed by atoms with E-state index in [2.05, 4.69) is 11.6 Å². The Bertz CT molecular complexity index is 1160. The molecule has 1 aromatic heterocycles. The Morgan fingerprint density at radius 1 is 1.03 bits per heavy atom. The Balaban J connectivity index is 1.77. The topological polar surface area (TPSA) is 79.7 Å². The molecule has 2 aromatic carbocycles. The molecule has 6 nitrogen and oxygen atoms in total. The molecule has 1 fully saturated rings. The second kappa shape index (κ2) is 9.31. The number of aromatic nitrogens is 1. The summed E-state index contributed by atoms with van der Waals surface area (Å²) >= 11 is 0. The van der Waals surface area contributed by atoms with Gasteiger partial charge in [-0.05, 0) is 47.5 Å². The van der Waals surface area contributed by atoms with Crippen molar-refractivity contribution in [2.24, 2.45) is 0 Å². The molecule has 6 heteroatoms. The molecule has 1 atom stereocenters. The minimum absolute atomic E-state index is 0.0648. The monoisotopic (exact) mass is 426 g/mol. The van der Waals surface area contributed by atoms with E-state index in [0.29, 0.717) is 17.9 Å². The average Bonchev–Trinajstić information content (AvgIpc) is 3.09. The van der Waals surface area contributed by atoms with Gasteiger partial charge in [0.25, 0.3) is 11.7 Å². The molecule has 0 radical (unpaired) electrons. The highest BCUT2D eigenvalue weighted by Crippen LogP contribution is 2.40. The van der Waals surface area contributed by atoms with Crippen molar-refractivity contribution < 1.29 is 19.4 Å². The van der Waals surface area contributed by atoms with Gasteiger partial charge in [-0.3, -0.25) is 14.6 Å². The number of ketones is 1. The van der Waals surface area contributed by atoms with Crippen molar-refractivity contribution in [1.82, 2.24) is 9.88 Å². The lowest BCUT2D eigenvalue weighted by Gasteiger charge is -2.25. The number of benzene rings is 2. The Morgan fingerprint density at radius 2 is 1.72 bits per heavy atom. The van der Waals surface area contributed by atoms with Gasteiger partial charge in [0.05, 0.1) is 11.6 Å². The van der Waals surface area contributed by atoms with E-state index in [1.165, 1.54) is 4.90 Å². The molecule has 0 bridgehead atoms. The van der Waals surface area contributed by atoms with Gasteiger partial charge in [0.15, 0.2) is 0 Å². The van der Waals surface area contributed by atoms with Gasteiger partial charge in [-0.25, -0.2) is 0 Å². The lowest BCUT2D eigenvalue weighted by molar-refractivity contribution is -0.140. The van der Waals surface area contributed by atoms with Crippen molar-refractivity contribution in [1.29, 1.82) is 0 Å². The van der Waals surface area contributed by atoms with Crippen LogP contribution in [-0.4, -0.2) is 33.3 Å². The first-order valence-electron chi connectivity index (χ1n) is 10.2. The molecule has 1 amide bonds. The van der Waals surface area contributed by atoms with Gasteiger partial charge < -0.3 is 14.7 Å². The van der Waals surface area contributed by atoms with Crippen molar-refractivity contribution in [3.8, 4) is 5.75 Å². The molecule has 1 N–H and O–H groups in total. The molecule has 2 heterocycles. The number of carbonyl (C=O) groups is 2. The average molecular weight is 426 g/mol. The van der Waals surface area contributed by atoms with Crippen LogP contribution in [-0.2, 0) is 16.1 Å². The number of ether oxygens (including phenoxy) is 1. The van der Waals surface area contributed by atoms with Crippen molar-refractivity contribution in [3.05, 3.63) is 114 Å². The zero-order chi connectivity index (χ0) is 22.5. The van der Waals surface area contributed by atoms with Gasteiger partial charge in [0, 0.05) is 24.5 Å². The maximum Gasteiger partial charge on any atom is 0.295 e. The SMILES string of the molecule is C=CCOc1ccc(/C(O)=C2\C(=O)C(=O)N(Cc3ccncc3)C2c2ccccc2)cc1. The lowest BCUT2D eigenvalue weighted by Crippen LogP contribution is -2.29. The Kier molecular flexibility index (Phi) is 6.12. The number of hydrogen-bond donors (Lipinski definition) is 1. The number of aliphatic hydroxyl groups is 1. The molecular weight excluding hydrogens is 404 g/mol. The Morgan fingerprint density at radius 3 is 2.38 bits per heavy atom. The third-order valence-corrected chi connectivity index (χ3v) is 5.25. The van der Waals surface area contributed by atoms with Crippen molar-refractivity contribution in [2.45, 2.75) is 12.6 Å². The van der Waals surface area contributed by atoms with Crippen LogP contribution in [0.4, 0.5) is 0 Å². The zero-order valence-corrected chi connectivity index (χ0v) is 17.3. The van der Waals surface area contributed by atoms with Crippen LogP contribution in [0.2, 0.25) is 0 Å². The number of carbonyl (C=O) groups excluding carboxylic acids is 2. The van der Waals surface area contributed by atoms with Crippen LogP contribution in [0.5, 0.6) is 5.75 Å². The summed E-state index contributed by atoms with van der Waals surface area (Å²) in [5.41, 5.74) is 2.08. The third kappa shape index (κ3) is 4.16. The van der Waals surface area contributed by atoms with Gasteiger partial charge in [0.1, 0.15) is 18.1 Å². The van der Waals surface area contributed by atoms with E-state index in [1.807, 2.05) is 30.3 Å². The van der Waals surface area contributed by atoms with Crippen LogP contribution in [0.3, 0.4) is 0 Å². The van der Waals surface area contributed by atoms with E-state index >= 15 is 0 Å². The minimum Gasteiger partial charge on any atom is -0.507 e. The summed E-state index contributed by atoms with van der Waals surface area (Å²) in [5, 5.41) is 11.1. The largest absolute Gasteiger partial charge is 0.507 e. The van der Waals surface area contributed by atoms with Gasteiger partial charge in [-0.15, -0.1) is 0 Å². The van der Waals surface area contributed by atoms with Crippen molar-refractivity contribution in [3.63, 3.8) is 0 Å². The maximum atomic E-state index is 13.1. The first-order valence-corrected chi connectivity index (χ1v) is 10.2. The molecule has 1 aliphatic rings. The van der Waals surface area contributed by atoms with Gasteiger partial charge >= 0.3 is 0 Å². The van der Waals surface area contributed by atoms with Gasteiger partial charge in [-0.1, -0.05) is 43.0 Å². The second-order valence-corrected chi connectivity index (χ2v) is 7.32. The highest BCUT2D eigenvalue weighted by molar-refractivity contribution is 6.46. The zero-order valence-electron chi connectivity index (χ0n) is 17.3. The molecule has 0 aliphatic carbocycles. The number of likely N-dealkylation sites (tertiary alicyclic amines) is 1. The Hall–Kier alpha value is -4.19. The van der Waals surface area contributed by atoms with Crippen molar-refractivity contribution >= 4 is 17.4 Å². The van der Waals surface area contributed by atoms with Crippen LogP contribution >= 0.6 is 0 Å². The number of hydrogen-bond acceptors (Lipinski definition) is 5. The molecule has 3 aromatic rings. The van der Waals surface area contributed by atoms with Crippen LogP contribution in [0.15, 0.2) is 97.4 Å². The summed E-state index contributed by atoms with van der Waals surface area (Å²) in [4.78, 5) is 31.5. The molecule has 4 rings (SSSR count). The number of aliphatic hydroxyl groups excluding tert-OH is 1. The fourth-order valence-corrected chi connectivity index (χ4v) is 3.73. The van der Waals surface area contributed by atoms with E-state index in [1.54, 1.807) is 54.9 Å². The van der Waals surface area contributed by atoms with Crippen molar-refractivity contribution in [2.75, 3.05) is 6.61 Å². The summed E-state index contributed by atoms with van der Waals surface area (Å²) in [6.07, 6.45) is 4.91. The number of amides is 1. The standard InChI is InChI=1S/C26H22N2O4/c1-2-16-32-21-10-8-20(9-11-21)24(29)22-23(19-6-4-3-5-7-19)28(26(31)25(22)30)17-18-12-14-27-15-13-18/h2-15,23,29H,1,16-17H2/b24-22+. The molecule has 1 unspecified atom stereocenters. The van der Waals surface area contributed by atoms with E-state index in [0.717, 1.165) is 11.1 Å². The van der Waals surface area contributed by atoms with E-state index < -0.39 is 17.7 Å². The molecule has 1 aliphatic heterocycles. The van der Waals surface area contributed by atoms with Crippen LogP contribution in [0.1, 0.15) is 22.7 Å². The quantitative estimate of drug-likeness (QED) is 0.264.